The second-order valence-corrected chi connectivity index (χ2v) is 4.46. The van der Waals surface area contributed by atoms with Crippen LogP contribution in [0.3, 0.4) is 0 Å². The molecule has 0 aliphatic carbocycles. The van der Waals surface area contributed by atoms with Crippen molar-refractivity contribution in [2.24, 2.45) is 5.84 Å². The molecule has 0 saturated heterocycles. The highest BCUT2D eigenvalue weighted by molar-refractivity contribution is 5.29. The molecule has 0 fully saturated rings. The molecule has 3 N–H and O–H groups in total. The monoisotopic (exact) mass is 318 g/mol. The van der Waals surface area contributed by atoms with E-state index in [0.717, 1.165) is 6.07 Å². The van der Waals surface area contributed by atoms with Gasteiger partial charge < -0.3 is 0 Å². The molecule has 0 saturated carbocycles. The predicted octanol–water partition coefficient (Wildman–Crippen LogP) is 4.08. The third-order valence-corrected chi connectivity index (χ3v) is 2.85. The third kappa shape index (κ3) is 5.50. The second-order valence-electron chi connectivity index (χ2n) is 4.46. The van der Waals surface area contributed by atoms with E-state index in [4.69, 9.17) is 5.84 Å². The Kier molecular flexibility index (Phi) is 5.57. The normalized spacial score (nSPS) is 14.3. The second kappa shape index (κ2) is 6.61. The highest BCUT2D eigenvalue weighted by atomic mass is 19.4. The Bertz CT molecular complexity index is 468. The van der Waals surface area contributed by atoms with E-state index in [9.17, 15) is 30.7 Å². The summed E-state index contributed by atoms with van der Waals surface area (Å²) in [5, 5.41) is 0. The topological polar surface area (TPSA) is 38.0 Å². The van der Waals surface area contributed by atoms with Gasteiger partial charge in [0.15, 0.2) is 0 Å². The van der Waals surface area contributed by atoms with Crippen molar-refractivity contribution >= 4 is 0 Å². The summed E-state index contributed by atoms with van der Waals surface area (Å²) in [5.74, 6) is 3.70. The molecule has 0 aromatic heterocycles. The van der Waals surface area contributed by atoms with Crippen LogP contribution in [0, 0.1) is 5.82 Å². The zero-order valence-corrected chi connectivity index (χ0v) is 10.7. The van der Waals surface area contributed by atoms with E-state index >= 15 is 0 Å². The van der Waals surface area contributed by atoms with Gasteiger partial charge in [0, 0.05) is 12.5 Å². The number of halogens is 7. The standard InChI is InChI=1S/C12H13F7N2/c13-9-4-3-7(6-8(9)12(17,18)19)10(21-20)2-1-5-11(14,15)16/h3-4,6,10,21H,1-2,5,20H2. The Hall–Kier alpha value is -1.35. The van der Waals surface area contributed by atoms with Crippen LogP contribution >= 0.6 is 0 Å². The lowest BCUT2D eigenvalue weighted by atomic mass is 9.99. The van der Waals surface area contributed by atoms with Crippen molar-refractivity contribution < 1.29 is 30.7 Å². The highest BCUT2D eigenvalue weighted by Gasteiger charge is 2.34. The van der Waals surface area contributed by atoms with Gasteiger partial charge in [0.2, 0.25) is 0 Å². The molecule has 0 radical (unpaired) electrons. The average molecular weight is 318 g/mol. The van der Waals surface area contributed by atoms with Crippen LogP contribution < -0.4 is 11.3 Å². The lowest BCUT2D eigenvalue weighted by Gasteiger charge is -2.18. The van der Waals surface area contributed by atoms with Crippen molar-refractivity contribution in [3.8, 4) is 0 Å². The summed E-state index contributed by atoms with van der Waals surface area (Å²) in [6.07, 6.45) is -10.7. The summed E-state index contributed by atoms with van der Waals surface area (Å²) >= 11 is 0. The van der Waals surface area contributed by atoms with Gasteiger partial charge in [-0.05, 0) is 30.5 Å². The van der Waals surface area contributed by atoms with Crippen molar-refractivity contribution in [2.45, 2.75) is 37.7 Å². The molecule has 120 valence electrons. The fourth-order valence-electron chi connectivity index (χ4n) is 1.83. The lowest BCUT2D eigenvalue weighted by molar-refractivity contribution is -0.140. The fourth-order valence-corrected chi connectivity index (χ4v) is 1.83. The number of benzene rings is 1. The van der Waals surface area contributed by atoms with Gasteiger partial charge in [-0.25, -0.2) is 4.39 Å². The number of hydrogen-bond acceptors (Lipinski definition) is 2. The predicted molar refractivity (Wildman–Crippen MR) is 61.4 cm³/mol. The number of nitrogens with two attached hydrogens (primary N) is 1. The molecule has 21 heavy (non-hydrogen) atoms. The summed E-state index contributed by atoms with van der Waals surface area (Å²) in [6, 6.07) is 1.30. The SMILES string of the molecule is NNC(CCCC(F)(F)F)c1ccc(F)c(C(F)(F)F)c1. The summed E-state index contributed by atoms with van der Waals surface area (Å²) in [6.45, 7) is 0. The quantitative estimate of drug-likeness (QED) is 0.488. The van der Waals surface area contributed by atoms with E-state index in [-0.39, 0.29) is 18.4 Å². The summed E-state index contributed by atoms with van der Waals surface area (Å²) in [5.41, 5.74) is 0.650. The largest absolute Gasteiger partial charge is 0.419 e. The molecule has 0 aliphatic rings. The average Bonchev–Trinajstić information content (AvgIpc) is 2.33. The number of hydrazine groups is 1. The van der Waals surface area contributed by atoms with Gasteiger partial charge in [0.05, 0.1) is 5.56 Å². The van der Waals surface area contributed by atoms with Crippen LogP contribution in [0.4, 0.5) is 30.7 Å². The van der Waals surface area contributed by atoms with Crippen molar-refractivity contribution in [2.75, 3.05) is 0 Å². The molecule has 1 aromatic rings. The van der Waals surface area contributed by atoms with E-state index in [2.05, 4.69) is 5.43 Å². The molecule has 0 aliphatic heterocycles. The van der Waals surface area contributed by atoms with Gasteiger partial charge in [0.25, 0.3) is 0 Å². The number of hydrogen-bond donors (Lipinski definition) is 2. The van der Waals surface area contributed by atoms with Crippen LogP contribution in [0.15, 0.2) is 18.2 Å². The van der Waals surface area contributed by atoms with Gasteiger partial charge in [-0.3, -0.25) is 11.3 Å². The lowest BCUT2D eigenvalue weighted by Crippen LogP contribution is -2.28. The summed E-state index contributed by atoms with van der Waals surface area (Å²) in [7, 11) is 0. The minimum Gasteiger partial charge on any atom is -0.271 e. The van der Waals surface area contributed by atoms with Crippen LogP contribution in [0.25, 0.3) is 0 Å². The van der Waals surface area contributed by atoms with Crippen molar-refractivity contribution in [1.29, 1.82) is 0 Å². The zero-order chi connectivity index (χ0) is 16.3. The van der Waals surface area contributed by atoms with Gasteiger partial charge in [-0.2, -0.15) is 26.3 Å². The molecular weight excluding hydrogens is 305 g/mol. The molecule has 1 atom stereocenters. The van der Waals surface area contributed by atoms with E-state index in [1.807, 2.05) is 0 Å². The Balaban J connectivity index is 2.86. The van der Waals surface area contributed by atoms with Crippen LogP contribution in [-0.4, -0.2) is 6.18 Å². The van der Waals surface area contributed by atoms with E-state index < -0.39 is 36.2 Å². The van der Waals surface area contributed by atoms with Crippen LogP contribution in [-0.2, 0) is 6.18 Å². The van der Waals surface area contributed by atoms with Gasteiger partial charge in [-0.1, -0.05) is 6.07 Å². The molecule has 1 rings (SSSR count). The Morgan fingerprint density at radius 2 is 1.71 bits per heavy atom. The van der Waals surface area contributed by atoms with Crippen molar-refractivity contribution in [3.05, 3.63) is 35.1 Å². The molecule has 2 nitrogen and oxygen atoms in total. The summed E-state index contributed by atoms with van der Waals surface area (Å²) in [4.78, 5) is 0. The zero-order valence-electron chi connectivity index (χ0n) is 10.7. The first-order chi connectivity index (χ1) is 9.54. The smallest absolute Gasteiger partial charge is 0.271 e. The maximum absolute atomic E-state index is 13.1. The van der Waals surface area contributed by atoms with Crippen molar-refractivity contribution in [3.63, 3.8) is 0 Å². The Labute approximate surface area is 116 Å². The number of nitrogens with one attached hydrogen (secondary N) is 1. The van der Waals surface area contributed by atoms with Gasteiger partial charge in [0.1, 0.15) is 5.82 Å². The number of rotatable bonds is 5. The number of alkyl halides is 6. The fraction of sp³-hybridized carbons (Fsp3) is 0.500. The van der Waals surface area contributed by atoms with Crippen LogP contribution in [0.2, 0.25) is 0 Å². The first kappa shape index (κ1) is 17.7. The first-order valence-corrected chi connectivity index (χ1v) is 5.94. The Morgan fingerprint density at radius 3 is 2.19 bits per heavy atom. The molecule has 0 heterocycles. The maximum atomic E-state index is 13.1. The minimum absolute atomic E-state index is 0.0200. The molecule has 1 unspecified atom stereocenters. The van der Waals surface area contributed by atoms with E-state index in [1.54, 1.807) is 0 Å². The Morgan fingerprint density at radius 1 is 1.10 bits per heavy atom. The molecule has 0 spiro atoms. The highest BCUT2D eigenvalue weighted by Crippen LogP contribution is 2.34. The molecule has 0 amide bonds. The van der Waals surface area contributed by atoms with E-state index in [1.165, 1.54) is 0 Å². The van der Waals surface area contributed by atoms with Crippen LogP contribution in [0.1, 0.15) is 36.4 Å². The van der Waals surface area contributed by atoms with E-state index in [0.29, 0.717) is 12.1 Å². The third-order valence-electron chi connectivity index (χ3n) is 2.85. The molecular formula is C12H13F7N2. The maximum Gasteiger partial charge on any atom is 0.419 e. The van der Waals surface area contributed by atoms with Crippen LogP contribution in [0.5, 0.6) is 0 Å². The van der Waals surface area contributed by atoms with Gasteiger partial charge >= 0.3 is 12.4 Å². The molecule has 1 aromatic carbocycles. The minimum atomic E-state index is -4.88. The molecule has 0 bridgehead atoms. The molecule has 9 heteroatoms. The van der Waals surface area contributed by atoms with Crippen molar-refractivity contribution in [1.82, 2.24) is 5.43 Å². The first-order valence-electron chi connectivity index (χ1n) is 5.94. The van der Waals surface area contributed by atoms with Gasteiger partial charge in [-0.15, -0.1) is 0 Å². The summed E-state index contributed by atoms with van der Waals surface area (Å²) < 4.78 is 86.9.